The first-order valence-electron chi connectivity index (χ1n) is 8.72. The second-order valence-electron chi connectivity index (χ2n) is 5.54. The highest BCUT2D eigenvalue weighted by molar-refractivity contribution is 5.70. The minimum Gasteiger partial charge on any atom is -0.491 e. The van der Waals surface area contributed by atoms with Gasteiger partial charge >= 0.3 is 0 Å². The smallest absolute Gasteiger partial charge is 0.119 e. The number of hydrogen-bond acceptors (Lipinski definition) is 4. The van der Waals surface area contributed by atoms with Crippen LogP contribution in [0, 0.1) is 0 Å². The van der Waals surface area contributed by atoms with Gasteiger partial charge in [-0.25, -0.2) is 4.39 Å². The third-order valence-electron chi connectivity index (χ3n) is 3.64. The van der Waals surface area contributed by atoms with E-state index in [-0.39, 0.29) is 6.61 Å². The van der Waals surface area contributed by atoms with Crippen LogP contribution in [-0.2, 0) is 9.47 Å². The van der Waals surface area contributed by atoms with Gasteiger partial charge in [0.2, 0.25) is 0 Å². The number of ether oxygens (including phenoxy) is 3. The van der Waals surface area contributed by atoms with E-state index in [0.717, 1.165) is 22.6 Å². The van der Waals surface area contributed by atoms with Crippen LogP contribution in [0.2, 0.25) is 0 Å². The fourth-order valence-electron chi connectivity index (χ4n) is 2.22. The van der Waals surface area contributed by atoms with Crippen LogP contribution in [0.3, 0.4) is 0 Å². The molecular formula is C21H26FNO3. The van der Waals surface area contributed by atoms with E-state index >= 15 is 0 Å². The molecule has 0 fully saturated rings. The van der Waals surface area contributed by atoms with Crippen molar-refractivity contribution in [3.63, 3.8) is 0 Å². The van der Waals surface area contributed by atoms with E-state index in [1.807, 2.05) is 43.4 Å². The Morgan fingerprint density at radius 1 is 0.769 bits per heavy atom. The van der Waals surface area contributed by atoms with Crippen molar-refractivity contribution in [3.05, 3.63) is 59.7 Å². The first-order chi connectivity index (χ1) is 12.8. The minimum atomic E-state index is -0.461. The van der Waals surface area contributed by atoms with E-state index in [9.17, 15) is 4.39 Å². The Morgan fingerprint density at radius 3 is 1.88 bits per heavy atom. The monoisotopic (exact) mass is 358 g/mol. The molecule has 0 aliphatic carbocycles. The van der Waals surface area contributed by atoms with Crippen molar-refractivity contribution >= 4 is 17.8 Å². The summed E-state index contributed by atoms with van der Waals surface area (Å²) in [5.41, 5.74) is 3.35. The second-order valence-corrected chi connectivity index (χ2v) is 5.54. The summed E-state index contributed by atoms with van der Waals surface area (Å²) < 4.78 is 27.7. The summed E-state index contributed by atoms with van der Waals surface area (Å²) in [6, 6.07) is 16.1. The number of rotatable bonds is 12. The van der Waals surface area contributed by atoms with Crippen molar-refractivity contribution in [3.8, 4) is 5.75 Å². The zero-order valence-corrected chi connectivity index (χ0v) is 15.1. The molecule has 2 aromatic carbocycles. The molecule has 2 rings (SSSR count). The number of halogens is 1. The number of anilines is 1. The summed E-state index contributed by atoms with van der Waals surface area (Å²) in [6.07, 6.45) is 4.15. The largest absolute Gasteiger partial charge is 0.491 e. The molecule has 26 heavy (non-hydrogen) atoms. The van der Waals surface area contributed by atoms with Crippen molar-refractivity contribution in [1.29, 1.82) is 0 Å². The lowest BCUT2D eigenvalue weighted by molar-refractivity contribution is 0.0325. The highest BCUT2D eigenvalue weighted by Gasteiger charge is 1.95. The lowest BCUT2D eigenvalue weighted by Crippen LogP contribution is -2.11. The molecule has 140 valence electrons. The molecule has 0 unspecified atom stereocenters. The summed E-state index contributed by atoms with van der Waals surface area (Å²) >= 11 is 0. The van der Waals surface area contributed by atoms with Crippen LogP contribution < -0.4 is 10.1 Å². The zero-order chi connectivity index (χ0) is 18.5. The Hall–Kier alpha value is -2.37. The molecule has 0 saturated heterocycles. The van der Waals surface area contributed by atoms with Crippen LogP contribution in [0.15, 0.2) is 48.5 Å². The van der Waals surface area contributed by atoms with Gasteiger partial charge in [0.05, 0.1) is 26.4 Å². The average Bonchev–Trinajstić information content (AvgIpc) is 2.69. The van der Waals surface area contributed by atoms with Crippen LogP contribution in [0.1, 0.15) is 11.1 Å². The molecule has 0 aliphatic heterocycles. The predicted octanol–water partition coefficient (Wildman–Crippen LogP) is 4.28. The maximum atomic E-state index is 11.8. The van der Waals surface area contributed by atoms with Crippen LogP contribution in [0.4, 0.5) is 10.1 Å². The van der Waals surface area contributed by atoms with Gasteiger partial charge in [0.1, 0.15) is 19.0 Å². The zero-order valence-electron chi connectivity index (χ0n) is 15.1. The van der Waals surface area contributed by atoms with E-state index in [1.54, 1.807) is 0 Å². The summed E-state index contributed by atoms with van der Waals surface area (Å²) in [5, 5.41) is 3.10. The van der Waals surface area contributed by atoms with Crippen LogP contribution in [0.25, 0.3) is 12.2 Å². The first kappa shape index (κ1) is 19.9. The summed E-state index contributed by atoms with van der Waals surface area (Å²) in [7, 11) is 1.91. The molecule has 5 heteroatoms. The predicted molar refractivity (Wildman–Crippen MR) is 104 cm³/mol. The van der Waals surface area contributed by atoms with Crippen molar-refractivity contribution in [2.75, 3.05) is 52.1 Å². The fourth-order valence-corrected chi connectivity index (χ4v) is 2.22. The molecule has 2 aromatic rings. The van der Waals surface area contributed by atoms with E-state index in [2.05, 4.69) is 29.6 Å². The van der Waals surface area contributed by atoms with E-state index < -0.39 is 6.67 Å². The maximum Gasteiger partial charge on any atom is 0.119 e. The van der Waals surface area contributed by atoms with E-state index in [1.165, 1.54) is 0 Å². The van der Waals surface area contributed by atoms with Gasteiger partial charge in [-0.2, -0.15) is 0 Å². The SMILES string of the molecule is CNc1ccc(/C=C/c2ccc(OCCOCCOCC[18F])cc2)cc1. The fraction of sp³-hybridized carbons (Fsp3) is 0.333. The third-order valence-corrected chi connectivity index (χ3v) is 3.64. The Balaban J connectivity index is 1.68. The Kier molecular flexibility index (Phi) is 9.25. The lowest BCUT2D eigenvalue weighted by atomic mass is 10.1. The van der Waals surface area contributed by atoms with E-state index in [0.29, 0.717) is 26.4 Å². The maximum absolute atomic E-state index is 11.8. The van der Waals surface area contributed by atoms with Crippen molar-refractivity contribution in [2.24, 2.45) is 0 Å². The molecule has 4 nitrogen and oxygen atoms in total. The van der Waals surface area contributed by atoms with Crippen LogP contribution >= 0.6 is 0 Å². The highest BCUT2D eigenvalue weighted by atomic mass is 18.2. The van der Waals surface area contributed by atoms with Crippen molar-refractivity contribution in [2.45, 2.75) is 0 Å². The van der Waals surface area contributed by atoms with Gasteiger partial charge in [-0.05, 0) is 35.4 Å². The van der Waals surface area contributed by atoms with Gasteiger partial charge in [0.15, 0.2) is 0 Å². The molecule has 0 saturated carbocycles. The Morgan fingerprint density at radius 2 is 1.31 bits per heavy atom. The quantitative estimate of drug-likeness (QED) is 0.454. The van der Waals surface area contributed by atoms with Crippen LogP contribution in [-0.4, -0.2) is 46.8 Å². The standard InChI is InChI=1S/C21H26FNO3/c1-23-20-8-4-18(5-9-20)2-3-19-6-10-21(11-7-19)26-17-16-25-15-14-24-13-12-22/h2-11,23H,12-17H2,1H3/b3-2+/i22-1. The minimum absolute atomic E-state index is 0.127. The van der Waals surface area contributed by atoms with Gasteiger partial charge in [-0.15, -0.1) is 0 Å². The molecule has 0 aromatic heterocycles. The van der Waals surface area contributed by atoms with Crippen molar-refractivity contribution in [1.82, 2.24) is 0 Å². The molecule has 0 aliphatic rings. The van der Waals surface area contributed by atoms with E-state index in [4.69, 9.17) is 14.2 Å². The topological polar surface area (TPSA) is 39.7 Å². The number of benzene rings is 2. The molecule has 0 spiro atoms. The average molecular weight is 358 g/mol. The lowest BCUT2D eigenvalue weighted by Gasteiger charge is -2.07. The molecule has 0 heterocycles. The molecule has 0 amide bonds. The summed E-state index contributed by atoms with van der Waals surface area (Å²) in [6.45, 7) is 1.46. The third kappa shape index (κ3) is 7.68. The molecule has 0 atom stereocenters. The normalized spacial score (nSPS) is 11.0. The summed E-state index contributed by atoms with van der Waals surface area (Å²) in [5.74, 6) is 0.804. The molecule has 1 N–H and O–H groups in total. The van der Waals surface area contributed by atoms with Gasteiger partial charge in [0, 0.05) is 12.7 Å². The van der Waals surface area contributed by atoms with Gasteiger partial charge in [0.25, 0.3) is 0 Å². The van der Waals surface area contributed by atoms with Gasteiger partial charge in [-0.1, -0.05) is 36.4 Å². The Labute approximate surface area is 154 Å². The highest BCUT2D eigenvalue weighted by Crippen LogP contribution is 2.15. The van der Waals surface area contributed by atoms with Gasteiger partial charge in [-0.3, -0.25) is 0 Å². The first-order valence-corrected chi connectivity index (χ1v) is 8.72. The van der Waals surface area contributed by atoms with Crippen molar-refractivity contribution < 1.29 is 18.6 Å². The van der Waals surface area contributed by atoms with Crippen LogP contribution in [0.5, 0.6) is 5.75 Å². The molecular weight excluding hydrogens is 332 g/mol. The van der Waals surface area contributed by atoms with Gasteiger partial charge < -0.3 is 19.5 Å². The number of hydrogen-bond donors (Lipinski definition) is 1. The second kappa shape index (κ2) is 12.1. The number of nitrogens with one attached hydrogen (secondary N) is 1. The summed E-state index contributed by atoms with van der Waals surface area (Å²) in [4.78, 5) is 0. The molecule has 0 bridgehead atoms. The Bertz CT molecular complexity index is 641. The molecule has 0 radical (unpaired) electrons. The number of alkyl halides is 1.